The third-order valence-corrected chi connectivity index (χ3v) is 2.97. The summed E-state index contributed by atoms with van der Waals surface area (Å²) in [5.74, 6) is -0.258. The van der Waals surface area contributed by atoms with Crippen LogP contribution in [-0.2, 0) is 9.53 Å². The topological polar surface area (TPSA) is 51.2 Å². The van der Waals surface area contributed by atoms with E-state index in [0.29, 0.717) is 13.2 Å². The molecule has 0 aliphatic heterocycles. The average molecular weight is 236 g/mol. The Labute approximate surface area is 97.3 Å². The molecule has 1 N–H and O–H groups in total. The van der Waals surface area contributed by atoms with Crippen molar-refractivity contribution in [3.63, 3.8) is 0 Å². The first-order valence-electron chi connectivity index (χ1n) is 4.98. The molecule has 5 heteroatoms. The van der Waals surface area contributed by atoms with Gasteiger partial charge in [-0.2, -0.15) is 0 Å². The van der Waals surface area contributed by atoms with Gasteiger partial charge in [-0.25, -0.2) is 4.98 Å². The highest BCUT2D eigenvalue weighted by atomic mass is 32.1. The molecule has 16 heavy (non-hydrogen) atoms. The van der Waals surface area contributed by atoms with Gasteiger partial charge >= 0.3 is 5.97 Å². The van der Waals surface area contributed by atoms with Gasteiger partial charge in [0, 0.05) is 6.92 Å². The Morgan fingerprint density at radius 3 is 3.06 bits per heavy atom. The Kier molecular flexibility index (Phi) is 3.36. The van der Waals surface area contributed by atoms with E-state index >= 15 is 0 Å². The maximum absolute atomic E-state index is 10.5. The maximum Gasteiger partial charge on any atom is 0.302 e. The van der Waals surface area contributed by atoms with E-state index in [-0.39, 0.29) is 5.97 Å². The monoisotopic (exact) mass is 236 g/mol. The molecule has 1 aromatic carbocycles. The van der Waals surface area contributed by atoms with Crippen molar-refractivity contribution in [3.8, 4) is 0 Å². The number of carbonyl (C=O) groups is 1. The third kappa shape index (κ3) is 2.70. The Balaban J connectivity index is 1.92. The van der Waals surface area contributed by atoms with Crippen molar-refractivity contribution < 1.29 is 9.53 Å². The molecule has 0 saturated carbocycles. The highest BCUT2D eigenvalue weighted by molar-refractivity contribution is 7.22. The van der Waals surface area contributed by atoms with Crippen molar-refractivity contribution in [2.45, 2.75) is 6.92 Å². The van der Waals surface area contributed by atoms with Gasteiger partial charge in [0.05, 0.1) is 16.8 Å². The van der Waals surface area contributed by atoms with Crippen LogP contribution in [0.15, 0.2) is 24.3 Å². The second-order valence-electron chi connectivity index (χ2n) is 3.25. The Morgan fingerprint density at radius 1 is 1.50 bits per heavy atom. The summed E-state index contributed by atoms with van der Waals surface area (Å²) in [4.78, 5) is 14.9. The summed E-state index contributed by atoms with van der Waals surface area (Å²) >= 11 is 1.59. The number of nitrogens with zero attached hydrogens (tertiary/aromatic N) is 1. The Bertz CT molecular complexity index is 462. The summed E-state index contributed by atoms with van der Waals surface area (Å²) < 4.78 is 5.96. The normalized spacial score (nSPS) is 10.3. The molecule has 0 bridgehead atoms. The highest BCUT2D eigenvalue weighted by Crippen LogP contribution is 2.24. The first-order valence-corrected chi connectivity index (χ1v) is 5.80. The third-order valence-electron chi connectivity index (χ3n) is 1.98. The summed E-state index contributed by atoms with van der Waals surface area (Å²) in [6, 6.07) is 7.96. The van der Waals surface area contributed by atoms with E-state index in [9.17, 15) is 4.79 Å². The summed E-state index contributed by atoms with van der Waals surface area (Å²) in [5.41, 5.74) is 0.988. The molecule has 1 aromatic heterocycles. The van der Waals surface area contributed by atoms with Gasteiger partial charge in [-0.05, 0) is 12.1 Å². The molecule has 0 unspecified atom stereocenters. The zero-order valence-electron chi connectivity index (χ0n) is 8.90. The lowest BCUT2D eigenvalue weighted by Crippen LogP contribution is -2.11. The number of ether oxygens (including phenoxy) is 1. The predicted molar refractivity (Wildman–Crippen MR) is 64.7 cm³/mol. The molecule has 0 fully saturated rings. The van der Waals surface area contributed by atoms with E-state index in [2.05, 4.69) is 10.3 Å². The van der Waals surface area contributed by atoms with Crippen LogP contribution < -0.4 is 5.32 Å². The van der Waals surface area contributed by atoms with Crippen LogP contribution in [0.5, 0.6) is 0 Å². The van der Waals surface area contributed by atoms with Gasteiger partial charge in [-0.1, -0.05) is 23.5 Å². The zero-order chi connectivity index (χ0) is 11.4. The molecule has 4 nitrogen and oxygen atoms in total. The number of hydrogen-bond acceptors (Lipinski definition) is 5. The van der Waals surface area contributed by atoms with Gasteiger partial charge in [0.2, 0.25) is 0 Å². The van der Waals surface area contributed by atoms with Gasteiger partial charge in [0.1, 0.15) is 6.61 Å². The van der Waals surface area contributed by atoms with E-state index in [1.807, 2.05) is 24.3 Å². The molecular weight excluding hydrogens is 224 g/mol. The number of aromatic nitrogens is 1. The first kappa shape index (κ1) is 10.9. The SMILES string of the molecule is CC(=O)OCCNc1nc2ccccc2s1. The maximum atomic E-state index is 10.5. The number of anilines is 1. The minimum atomic E-state index is -0.258. The van der Waals surface area contributed by atoms with Crippen molar-refractivity contribution in [3.05, 3.63) is 24.3 Å². The molecular formula is C11H12N2O2S. The second kappa shape index (κ2) is 4.94. The molecule has 84 valence electrons. The van der Waals surface area contributed by atoms with E-state index in [1.54, 1.807) is 11.3 Å². The fraction of sp³-hybridized carbons (Fsp3) is 0.273. The van der Waals surface area contributed by atoms with Crippen LogP contribution in [0.4, 0.5) is 5.13 Å². The minimum absolute atomic E-state index is 0.258. The van der Waals surface area contributed by atoms with Crippen LogP contribution in [0.2, 0.25) is 0 Å². The van der Waals surface area contributed by atoms with Crippen LogP contribution in [0.25, 0.3) is 10.2 Å². The number of rotatable bonds is 4. The largest absolute Gasteiger partial charge is 0.464 e. The summed E-state index contributed by atoms with van der Waals surface area (Å²) in [6.07, 6.45) is 0. The fourth-order valence-electron chi connectivity index (χ4n) is 1.30. The molecule has 0 atom stereocenters. The molecule has 2 rings (SSSR count). The molecule has 0 amide bonds. The minimum Gasteiger partial charge on any atom is -0.464 e. The predicted octanol–water partition coefficient (Wildman–Crippen LogP) is 2.27. The molecule has 0 aliphatic carbocycles. The first-order chi connectivity index (χ1) is 7.75. The van der Waals surface area contributed by atoms with Crippen LogP contribution in [0.1, 0.15) is 6.92 Å². The number of benzene rings is 1. The number of para-hydroxylation sites is 1. The van der Waals surface area contributed by atoms with Crippen LogP contribution in [0, 0.1) is 0 Å². The van der Waals surface area contributed by atoms with Gasteiger partial charge in [0.25, 0.3) is 0 Å². The van der Waals surface area contributed by atoms with E-state index < -0.39 is 0 Å². The summed E-state index contributed by atoms with van der Waals surface area (Å²) in [5, 5.41) is 3.97. The summed E-state index contributed by atoms with van der Waals surface area (Å²) in [7, 11) is 0. The number of hydrogen-bond donors (Lipinski definition) is 1. The smallest absolute Gasteiger partial charge is 0.302 e. The number of thiazole rings is 1. The highest BCUT2D eigenvalue weighted by Gasteiger charge is 2.01. The van der Waals surface area contributed by atoms with E-state index in [4.69, 9.17) is 4.74 Å². The Morgan fingerprint density at radius 2 is 2.31 bits per heavy atom. The van der Waals surface area contributed by atoms with Crippen LogP contribution >= 0.6 is 11.3 Å². The molecule has 1 heterocycles. The summed E-state index contributed by atoms with van der Waals surface area (Å²) in [6.45, 7) is 2.35. The molecule has 0 radical (unpaired) electrons. The fourth-order valence-corrected chi connectivity index (χ4v) is 2.19. The average Bonchev–Trinajstić information content (AvgIpc) is 2.66. The van der Waals surface area contributed by atoms with E-state index in [0.717, 1.165) is 15.3 Å². The van der Waals surface area contributed by atoms with Crippen molar-refractivity contribution in [2.24, 2.45) is 0 Å². The lowest BCUT2D eigenvalue weighted by molar-refractivity contribution is -0.140. The standard InChI is InChI=1S/C11H12N2O2S/c1-8(14)15-7-6-12-11-13-9-4-2-3-5-10(9)16-11/h2-5H,6-7H2,1H3,(H,12,13). The molecule has 0 saturated heterocycles. The lowest BCUT2D eigenvalue weighted by atomic mass is 10.3. The second-order valence-corrected chi connectivity index (χ2v) is 4.28. The molecule has 0 aliphatic rings. The number of carbonyl (C=O) groups excluding carboxylic acids is 1. The number of nitrogens with one attached hydrogen (secondary N) is 1. The number of fused-ring (bicyclic) bond motifs is 1. The van der Waals surface area contributed by atoms with E-state index in [1.165, 1.54) is 6.92 Å². The van der Waals surface area contributed by atoms with Gasteiger partial charge in [-0.3, -0.25) is 4.79 Å². The van der Waals surface area contributed by atoms with Gasteiger partial charge in [-0.15, -0.1) is 0 Å². The van der Waals surface area contributed by atoms with Crippen molar-refractivity contribution in [1.82, 2.24) is 4.98 Å². The van der Waals surface area contributed by atoms with Gasteiger partial charge < -0.3 is 10.1 Å². The zero-order valence-corrected chi connectivity index (χ0v) is 9.71. The van der Waals surface area contributed by atoms with Crippen molar-refractivity contribution in [1.29, 1.82) is 0 Å². The van der Waals surface area contributed by atoms with Crippen LogP contribution in [-0.4, -0.2) is 24.1 Å². The van der Waals surface area contributed by atoms with Crippen molar-refractivity contribution >= 4 is 32.7 Å². The van der Waals surface area contributed by atoms with Crippen molar-refractivity contribution in [2.75, 3.05) is 18.5 Å². The number of esters is 1. The molecule has 2 aromatic rings. The quantitative estimate of drug-likeness (QED) is 0.653. The molecule has 0 spiro atoms. The lowest BCUT2D eigenvalue weighted by Gasteiger charge is -2.01. The van der Waals surface area contributed by atoms with Gasteiger partial charge in [0.15, 0.2) is 5.13 Å². The van der Waals surface area contributed by atoms with Crippen LogP contribution in [0.3, 0.4) is 0 Å². The Hall–Kier alpha value is -1.62.